The quantitative estimate of drug-likeness (QED) is 0.645. The second-order valence-electron chi connectivity index (χ2n) is 3.80. The summed E-state index contributed by atoms with van der Waals surface area (Å²) < 4.78 is 15.3. The van der Waals surface area contributed by atoms with Gasteiger partial charge in [0.25, 0.3) is 0 Å². The van der Waals surface area contributed by atoms with E-state index in [0.717, 1.165) is 13.7 Å². The van der Waals surface area contributed by atoms with Gasteiger partial charge in [-0.3, -0.25) is 11.3 Å². The number of halogens is 3. The molecular formula is C12H11BrClFN2S. The van der Waals surface area contributed by atoms with Crippen molar-refractivity contribution in [2.24, 2.45) is 5.84 Å². The van der Waals surface area contributed by atoms with Crippen molar-refractivity contribution in [1.29, 1.82) is 0 Å². The third-order valence-electron chi connectivity index (χ3n) is 2.57. The number of hydrogen-bond donors (Lipinski definition) is 2. The molecule has 0 saturated carbocycles. The SMILES string of the molecule is NNC(Cc1ccc(Cl)s1)c1cc(Br)ccc1F. The van der Waals surface area contributed by atoms with Gasteiger partial charge in [0.15, 0.2) is 0 Å². The van der Waals surface area contributed by atoms with E-state index in [0.29, 0.717) is 12.0 Å². The minimum atomic E-state index is -0.280. The third kappa shape index (κ3) is 3.30. The molecule has 2 rings (SSSR count). The van der Waals surface area contributed by atoms with Gasteiger partial charge in [0.05, 0.1) is 10.4 Å². The predicted octanol–water partition coefficient (Wildman–Crippen LogP) is 4.05. The van der Waals surface area contributed by atoms with Crippen molar-refractivity contribution in [3.63, 3.8) is 0 Å². The standard InChI is InChI=1S/C12H11BrClFN2S/c13-7-1-3-10(15)9(5-7)11(17-16)6-8-2-4-12(14)18-8/h1-5,11,17H,6,16H2. The van der Waals surface area contributed by atoms with Crippen LogP contribution in [0.5, 0.6) is 0 Å². The van der Waals surface area contributed by atoms with Gasteiger partial charge < -0.3 is 0 Å². The highest BCUT2D eigenvalue weighted by Crippen LogP contribution is 2.28. The van der Waals surface area contributed by atoms with Gasteiger partial charge in [0, 0.05) is 21.3 Å². The maximum atomic E-state index is 13.8. The van der Waals surface area contributed by atoms with Gasteiger partial charge in [-0.15, -0.1) is 11.3 Å². The van der Waals surface area contributed by atoms with Crippen LogP contribution in [0.3, 0.4) is 0 Å². The molecule has 0 aliphatic rings. The van der Waals surface area contributed by atoms with Crippen LogP contribution in [0, 0.1) is 5.82 Å². The fraction of sp³-hybridized carbons (Fsp3) is 0.167. The molecule has 0 bridgehead atoms. The first-order valence-electron chi connectivity index (χ1n) is 5.25. The minimum absolute atomic E-state index is 0.274. The lowest BCUT2D eigenvalue weighted by Gasteiger charge is -2.16. The Bertz CT molecular complexity index is 547. The van der Waals surface area contributed by atoms with Crippen molar-refractivity contribution in [1.82, 2.24) is 5.43 Å². The Morgan fingerprint density at radius 1 is 1.39 bits per heavy atom. The smallest absolute Gasteiger partial charge is 0.128 e. The maximum Gasteiger partial charge on any atom is 0.128 e. The van der Waals surface area contributed by atoms with E-state index in [1.807, 2.05) is 12.1 Å². The van der Waals surface area contributed by atoms with E-state index in [1.54, 1.807) is 12.1 Å². The average molecular weight is 350 g/mol. The van der Waals surface area contributed by atoms with Gasteiger partial charge in [-0.25, -0.2) is 4.39 Å². The molecule has 0 spiro atoms. The second-order valence-corrected chi connectivity index (χ2v) is 6.51. The molecule has 1 atom stereocenters. The maximum absolute atomic E-state index is 13.8. The van der Waals surface area contributed by atoms with Crippen molar-refractivity contribution < 1.29 is 4.39 Å². The molecule has 1 aromatic carbocycles. The molecule has 96 valence electrons. The molecule has 6 heteroatoms. The van der Waals surface area contributed by atoms with Crippen LogP contribution < -0.4 is 11.3 Å². The first kappa shape index (κ1) is 14.0. The zero-order chi connectivity index (χ0) is 13.1. The number of nitrogens with two attached hydrogens (primary N) is 1. The predicted molar refractivity (Wildman–Crippen MR) is 77.2 cm³/mol. The highest BCUT2D eigenvalue weighted by Gasteiger charge is 2.16. The van der Waals surface area contributed by atoms with Gasteiger partial charge in [-0.2, -0.15) is 0 Å². The third-order valence-corrected chi connectivity index (χ3v) is 4.32. The Labute approximate surface area is 122 Å². The molecule has 2 nitrogen and oxygen atoms in total. The van der Waals surface area contributed by atoms with Crippen molar-refractivity contribution in [3.05, 3.63) is 55.4 Å². The zero-order valence-corrected chi connectivity index (χ0v) is 12.4. The largest absolute Gasteiger partial charge is 0.271 e. The molecule has 3 N–H and O–H groups in total. The summed E-state index contributed by atoms with van der Waals surface area (Å²) in [5, 5.41) is 0. The summed E-state index contributed by atoms with van der Waals surface area (Å²) in [4.78, 5) is 1.06. The van der Waals surface area contributed by atoms with Gasteiger partial charge in [-0.1, -0.05) is 27.5 Å². The fourth-order valence-corrected chi connectivity index (χ4v) is 3.21. The number of benzene rings is 1. The van der Waals surface area contributed by atoms with Gasteiger partial charge >= 0.3 is 0 Å². The molecule has 0 aliphatic heterocycles. The van der Waals surface area contributed by atoms with E-state index in [-0.39, 0.29) is 11.9 Å². The summed E-state index contributed by atoms with van der Waals surface area (Å²) >= 11 is 10.7. The minimum Gasteiger partial charge on any atom is -0.271 e. The highest BCUT2D eigenvalue weighted by atomic mass is 79.9. The van der Waals surface area contributed by atoms with Gasteiger partial charge in [-0.05, 0) is 30.3 Å². The summed E-state index contributed by atoms with van der Waals surface area (Å²) in [6.07, 6.45) is 0.598. The number of hydrazine groups is 1. The first-order valence-corrected chi connectivity index (χ1v) is 7.24. The molecule has 0 radical (unpaired) electrons. The summed E-state index contributed by atoms with van der Waals surface area (Å²) in [7, 11) is 0. The summed E-state index contributed by atoms with van der Waals surface area (Å²) in [5.74, 6) is 5.24. The Morgan fingerprint density at radius 3 is 2.78 bits per heavy atom. The van der Waals surface area contributed by atoms with Crippen LogP contribution >= 0.6 is 38.9 Å². The van der Waals surface area contributed by atoms with E-state index >= 15 is 0 Å². The fourth-order valence-electron chi connectivity index (χ4n) is 1.70. The Morgan fingerprint density at radius 2 is 2.17 bits per heavy atom. The van der Waals surface area contributed by atoms with Crippen molar-refractivity contribution in [2.45, 2.75) is 12.5 Å². The molecule has 1 heterocycles. The number of nitrogens with one attached hydrogen (secondary N) is 1. The Hall–Kier alpha value is -0.460. The van der Waals surface area contributed by atoms with Crippen molar-refractivity contribution >= 4 is 38.9 Å². The van der Waals surface area contributed by atoms with Gasteiger partial charge in [0.2, 0.25) is 0 Å². The monoisotopic (exact) mass is 348 g/mol. The molecule has 0 amide bonds. The lowest BCUT2D eigenvalue weighted by Crippen LogP contribution is -2.30. The van der Waals surface area contributed by atoms with Gasteiger partial charge in [0.1, 0.15) is 5.82 Å². The molecule has 0 fully saturated rings. The molecule has 1 unspecified atom stereocenters. The highest BCUT2D eigenvalue weighted by molar-refractivity contribution is 9.10. The molecule has 2 aromatic rings. The summed E-state index contributed by atoms with van der Waals surface area (Å²) in [6.45, 7) is 0. The Kier molecular flexibility index (Phi) is 4.75. The second kappa shape index (κ2) is 6.12. The summed E-state index contributed by atoms with van der Waals surface area (Å²) in [6, 6.07) is 8.28. The average Bonchev–Trinajstić information content (AvgIpc) is 2.75. The van der Waals surface area contributed by atoms with Crippen LogP contribution in [0.4, 0.5) is 4.39 Å². The number of rotatable bonds is 4. The lowest BCUT2D eigenvalue weighted by molar-refractivity contribution is 0.512. The molecule has 0 saturated heterocycles. The van der Waals surface area contributed by atoms with Crippen LogP contribution in [-0.4, -0.2) is 0 Å². The van der Waals surface area contributed by atoms with E-state index in [2.05, 4.69) is 21.4 Å². The first-order chi connectivity index (χ1) is 8.60. The van der Waals surface area contributed by atoms with Crippen LogP contribution in [0.2, 0.25) is 4.34 Å². The van der Waals surface area contributed by atoms with Crippen molar-refractivity contribution in [2.75, 3.05) is 0 Å². The number of thiophene rings is 1. The lowest BCUT2D eigenvalue weighted by atomic mass is 10.0. The van der Waals surface area contributed by atoms with Crippen LogP contribution in [-0.2, 0) is 6.42 Å². The van der Waals surface area contributed by atoms with E-state index in [1.165, 1.54) is 17.4 Å². The van der Waals surface area contributed by atoms with Crippen LogP contribution in [0.25, 0.3) is 0 Å². The molecule has 18 heavy (non-hydrogen) atoms. The van der Waals surface area contributed by atoms with Crippen LogP contribution in [0.1, 0.15) is 16.5 Å². The molecule has 0 aliphatic carbocycles. The van der Waals surface area contributed by atoms with Crippen LogP contribution in [0.15, 0.2) is 34.8 Å². The Balaban J connectivity index is 2.25. The summed E-state index contributed by atoms with van der Waals surface area (Å²) in [5.41, 5.74) is 3.19. The normalized spacial score (nSPS) is 12.7. The zero-order valence-electron chi connectivity index (χ0n) is 9.29. The topological polar surface area (TPSA) is 38.0 Å². The molecular weight excluding hydrogens is 339 g/mol. The van der Waals surface area contributed by atoms with Crippen molar-refractivity contribution in [3.8, 4) is 0 Å². The molecule has 1 aromatic heterocycles. The van der Waals surface area contributed by atoms with E-state index in [9.17, 15) is 4.39 Å². The van der Waals surface area contributed by atoms with E-state index in [4.69, 9.17) is 17.4 Å². The van der Waals surface area contributed by atoms with E-state index < -0.39 is 0 Å². The number of hydrogen-bond acceptors (Lipinski definition) is 3.